The highest BCUT2D eigenvalue weighted by Gasteiger charge is 2.07. The lowest BCUT2D eigenvalue weighted by molar-refractivity contribution is -0.123. The van der Waals surface area contributed by atoms with Crippen LogP contribution in [0.3, 0.4) is 0 Å². The number of para-hydroxylation sites is 1. The lowest BCUT2D eigenvalue weighted by atomic mass is 10.1. The van der Waals surface area contributed by atoms with Crippen molar-refractivity contribution in [3.05, 3.63) is 54.6 Å². The van der Waals surface area contributed by atoms with Crippen LogP contribution in [0, 0.1) is 0 Å². The van der Waals surface area contributed by atoms with Crippen molar-refractivity contribution in [1.82, 2.24) is 5.32 Å². The Kier molecular flexibility index (Phi) is 5.18. The van der Waals surface area contributed by atoms with E-state index in [1.54, 1.807) is 0 Å². The molecule has 1 amide bonds. The summed E-state index contributed by atoms with van der Waals surface area (Å²) in [5, 5.41) is 2.80. The van der Waals surface area contributed by atoms with E-state index in [2.05, 4.69) is 5.32 Å². The maximum Gasteiger partial charge on any atom is 0.257 e. The Hall–Kier alpha value is -2.29. The number of nitrogens with one attached hydrogen (secondary N) is 1. The molecule has 0 heterocycles. The van der Waals surface area contributed by atoms with Gasteiger partial charge in [-0.15, -0.1) is 0 Å². The zero-order valence-electron chi connectivity index (χ0n) is 11.6. The number of benzene rings is 2. The summed E-state index contributed by atoms with van der Waals surface area (Å²) in [6.07, 6.45) is 0.923. The lowest BCUT2D eigenvalue weighted by Gasteiger charge is -2.11. The number of carbonyl (C=O) groups is 1. The van der Waals surface area contributed by atoms with E-state index < -0.39 is 0 Å². The molecule has 0 aliphatic heterocycles. The van der Waals surface area contributed by atoms with Gasteiger partial charge in [-0.25, -0.2) is 0 Å². The van der Waals surface area contributed by atoms with Gasteiger partial charge in [-0.1, -0.05) is 55.5 Å². The Morgan fingerprint density at radius 1 is 1.05 bits per heavy atom. The normalized spacial score (nSPS) is 10.1. The molecule has 0 spiro atoms. The SMILES string of the molecule is CCCNC(=O)COc1ccccc1-c1ccccc1. The van der Waals surface area contributed by atoms with Crippen LogP contribution in [0.4, 0.5) is 0 Å². The molecule has 2 aromatic carbocycles. The smallest absolute Gasteiger partial charge is 0.257 e. The van der Waals surface area contributed by atoms with E-state index in [4.69, 9.17) is 4.74 Å². The number of rotatable bonds is 6. The Morgan fingerprint density at radius 3 is 2.50 bits per heavy atom. The molecule has 0 unspecified atom stereocenters. The number of hydrogen-bond acceptors (Lipinski definition) is 2. The maximum absolute atomic E-state index is 11.6. The van der Waals surface area contributed by atoms with Gasteiger partial charge >= 0.3 is 0 Å². The summed E-state index contributed by atoms with van der Waals surface area (Å²) in [5.74, 6) is 0.639. The molecule has 1 N–H and O–H groups in total. The quantitative estimate of drug-likeness (QED) is 0.874. The minimum atomic E-state index is -0.0882. The Balaban J connectivity index is 2.07. The fraction of sp³-hybridized carbons (Fsp3) is 0.235. The van der Waals surface area contributed by atoms with Crippen LogP contribution in [0.1, 0.15) is 13.3 Å². The van der Waals surface area contributed by atoms with Crippen molar-refractivity contribution in [2.24, 2.45) is 0 Å². The monoisotopic (exact) mass is 269 g/mol. The molecule has 0 atom stereocenters. The summed E-state index contributed by atoms with van der Waals surface area (Å²) in [6, 6.07) is 17.8. The minimum Gasteiger partial charge on any atom is -0.483 e. The van der Waals surface area contributed by atoms with Gasteiger partial charge in [0.2, 0.25) is 0 Å². The van der Waals surface area contributed by atoms with Gasteiger partial charge in [0.15, 0.2) is 6.61 Å². The van der Waals surface area contributed by atoms with E-state index in [1.165, 1.54) is 0 Å². The molecule has 0 radical (unpaired) electrons. The molecule has 0 saturated heterocycles. The molecule has 3 nitrogen and oxygen atoms in total. The second kappa shape index (κ2) is 7.34. The van der Waals surface area contributed by atoms with Gasteiger partial charge in [0.25, 0.3) is 5.91 Å². The van der Waals surface area contributed by atoms with E-state index in [1.807, 2.05) is 61.5 Å². The van der Waals surface area contributed by atoms with Crippen molar-refractivity contribution in [2.75, 3.05) is 13.2 Å². The van der Waals surface area contributed by atoms with Crippen molar-refractivity contribution in [1.29, 1.82) is 0 Å². The fourth-order valence-corrected chi connectivity index (χ4v) is 1.91. The minimum absolute atomic E-state index is 0.0455. The third-order valence-corrected chi connectivity index (χ3v) is 2.90. The van der Waals surface area contributed by atoms with Crippen LogP contribution in [0.5, 0.6) is 5.75 Å². The van der Waals surface area contributed by atoms with Gasteiger partial charge in [-0.3, -0.25) is 4.79 Å². The third-order valence-electron chi connectivity index (χ3n) is 2.90. The van der Waals surface area contributed by atoms with E-state index in [-0.39, 0.29) is 12.5 Å². The molecule has 2 rings (SSSR count). The van der Waals surface area contributed by atoms with Crippen molar-refractivity contribution in [2.45, 2.75) is 13.3 Å². The summed E-state index contributed by atoms with van der Waals surface area (Å²) in [7, 11) is 0. The van der Waals surface area contributed by atoms with Crippen LogP contribution in [0.15, 0.2) is 54.6 Å². The van der Waals surface area contributed by atoms with Crippen LogP contribution >= 0.6 is 0 Å². The summed E-state index contributed by atoms with van der Waals surface area (Å²) in [6.45, 7) is 2.75. The molecular formula is C17H19NO2. The summed E-state index contributed by atoms with van der Waals surface area (Å²) in [5.41, 5.74) is 2.08. The van der Waals surface area contributed by atoms with Crippen molar-refractivity contribution >= 4 is 5.91 Å². The Morgan fingerprint density at radius 2 is 1.75 bits per heavy atom. The highest BCUT2D eigenvalue weighted by Crippen LogP contribution is 2.29. The Bertz CT molecular complexity index is 552. The second-order valence-corrected chi connectivity index (χ2v) is 4.50. The van der Waals surface area contributed by atoms with E-state index in [0.29, 0.717) is 6.54 Å². The van der Waals surface area contributed by atoms with Crippen LogP contribution in [0.25, 0.3) is 11.1 Å². The molecule has 0 saturated carbocycles. The van der Waals surface area contributed by atoms with E-state index in [0.717, 1.165) is 23.3 Å². The standard InChI is InChI=1S/C17H19NO2/c1-2-12-18-17(19)13-20-16-11-7-6-10-15(16)14-8-4-3-5-9-14/h3-11H,2,12-13H2,1H3,(H,18,19). The molecule has 0 bridgehead atoms. The summed E-state index contributed by atoms with van der Waals surface area (Å²) in [4.78, 5) is 11.6. The molecule has 2 aromatic rings. The molecule has 0 aliphatic rings. The largest absolute Gasteiger partial charge is 0.483 e. The van der Waals surface area contributed by atoms with Gasteiger partial charge in [0.05, 0.1) is 0 Å². The maximum atomic E-state index is 11.6. The van der Waals surface area contributed by atoms with Crippen molar-refractivity contribution in [3.8, 4) is 16.9 Å². The third kappa shape index (κ3) is 3.85. The first-order valence-electron chi connectivity index (χ1n) is 6.85. The van der Waals surface area contributed by atoms with Crippen LogP contribution in [-0.2, 0) is 4.79 Å². The van der Waals surface area contributed by atoms with Crippen LogP contribution in [-0.4, -0.2) is 19.1 Å². The molecule has 0 fully saturated rings. The molecular weight excluding hydrogens is 250 g/mol. The average molecular weight is 269 g/mol. The number of carbonyl (C=O) groups excluding carboxylic acids is 1. The van der Waals surface area contributed by atoms with Gasteiger partial charge in [-0.2, -0.15) is 0 Å². The first-order chi connectivity index (χ1) is 9.81. The van der Waals surface area contributed by atoms with Crippen molar-refractivity contribution < 1.29 is 9.53 Å². The van der Waals surface area contributed by atoms with Gasteiger partial charge in [0, 0.05) is 12.1 Å². The molecule has 0 aliphatic carbocycles. The van der Waals surface area contributed by atoms with E-state index in [9.17, 15) is 4.79 Å². The fourth-order valence-electron chi connectivity index (χ4n) is 1.91. The number of amides is 1. The molecule has 0 aromatic heterocycles. The zero-order valence-corrected chi connectivity index (χ0v) is 11.6. The first kappa shape index (κ1) is 14.1. The second-order valence-electron chi connectivity index (χ2n) is 4.50. The predicted molar refractivity (Wildman–Crippen MR) is 80.7 cm³/mol. The highest BCUT2D eigenvalue weighted by molar-refractivity contribution is 5.78. The number of hydrogen-bond donors (Lipinski definition) is 1. The van der Waals surface area contributed by atoms with Crippen LogP contribution < -0.4 is 10.1 Å². The summed E-state index contributed by atoms with van der Waals surface area (Å²) >= 11 is 0. The topological polar surface area (TPSA) is 38.3 Å². The molecule has 104 valence electrons. The van der Waals surface area contributed by atoms with Gasteiger partial charge in [-0.05, 0) is 18.1 Å². The van der Waals surface area contributed by atoms with E-state index >= 15 is 0 Å². The molecule has 3 heteroatoms. The van der Waals surface area contributed by atoms with Gasteiger partial charge < -0.3 is 10.1 Å². The zero-order chi connectivity index (χ0) is 14.2. The highest BCUT2D eigenvalue weighted by atomic mass is 16.5. The summed E-state index contributed by atoms with van der Waals surface area (Å²) < 4.78 is 5.64. The average Bonchev–Trinajstić information content (AvgIpc) is 2.52. The van der Waals surface area contributed by atoms with Gasteiger partial charge in [0.1, 0.15) is 5.75 Å². The van der Waals surface area contributed by atoms with Crippen molar-refractivity contribution in [3.63, 3.8) is 0 Å². The molecule has 20 heavy (non-hydrogen) atoms. The van der Waals surface area contributed by atoms with Crippen LogP contribution in [0.2, 0.25) is 0 Å². The Labute approximate surface area is 119 Å². The predicted octanol–water partition coefficient (Wildman–Crippen LogP) is 3.26. The lowest BCUT2D eigenvalue weighted by Crippen LogP contribution is -2.29. The first-order valence-corrected chi connectivity index (χ1v) is 6.85. The number of ether oxygens (including phenoxy) is 1.